The third-order valence-electron chi connectivity index (χ3n) is 9.68. The number of hydrogen-bond acceptors (Lipinski definition) is 6. The van der Waals surface area contributed by atoms with E-state index < -0.39 is 33.4 Å². The summed E-state index contributed by atoms with van der Waals surface area (Å²) in [5.41, 5.74) is 2.58. The molecular formula is C34H40N4O4S. The highest BCUT2D eigenvalue weighted by Crippen LogP contribution is 2.66. The van der Waals surface area contributed by atoms with Crippen molar-refractivity contribution in [1.82, 2.24) is 9.80 Å². The topological polar surface area (TPSA) is 84.4 Å². The van der Waals surface area contributed by atoms with Crippen molar-refractivity contribution in [3.63, 3.8) is 0 Å². The largest absolute Gasteiger partial charge is 0.394 e. The second-order valence-corrected chi connectivity index (χ2v) is 13.8. The molecule has 1 spiro atoms. The van der Waals surface area contributed by atoms with Crippen LogP contribution in [0.15, 0.2) is 78.9 Å². The zero-order chi connectivity index (χ0) is 30.5. The fourth-order valence-corrected chi connectivity index (χ4v) is 9.76. The average molecular weight is 601 g/mol. The lowest BCUT2D eigenvalue weighted by Gasteiger charge is -2.40. The zero-order valence-electron chi connectivity index (χ0n) is 25.2. The van der Waals surface area contributed by atoms with E-state index in [2.05, 4.69) is 24.8 Å². The fraction of sp³-hybridized carbons (Fsp3) is 0.441. The first kappa shape index (κ1) is 29.5. The van der Waals surface area contributed by atoms with E-state index in [0.717, 1.165) is 30.0 Å². The lowest BCUT2D eigenvalue weighted by Crippen LogP contribution is -2.54. The quantitative estimate of drug-likeness (QED) is 0.486. The van der Waals surface area contributed by atoms with Gasteiger partial charge in [0, 0.05) is 49.3 Å². The van der Waals surface area contributed by atoms with E-state index in [-0.39, 0.29) is 24.3 Å². The molecule has 1 unspecified atom stereocenters. The number of rotatable bonds is 7. The maximum atomic E-state index is 14.9. The smallest absolute Gasteiger partial charge is 0.251 e. The summed E-state index contributed by atoms with van der Waals surface area (Å²) in [6.45, 7) is 8.49. The number of thioether (sulfide) groups is 1. The fourth-order valence-electron chi connectivity index (χ4n) is 7.61. The molecule has 4 aliphatic heterocycles. The van der Waals surface area contributed by atoms with E-state index in [1.807, 2.05) is 79.7 Å². The van der Waals surface area contributed by atoms with Crippen LogP contribution in [0.25, 0.3) is 0 Å². The van der Waals surface area contributed by atoms with E-state index in [4.69, 9.17) is 0 Å². The minimum atomic E-state index is -0.982. The number of anilines is 2. The first-order chi connectivity index (χ1) is 20.7. The minimum absolute atomic E-state index is 0.0926. The van der Waals surface area contributed by atoms with Crippen molar-refractivity contribution in [2.24, 2.45) is 11.8 Å². The van der Waals surface area contributed by atoms with Crippen molar-refractivity contribution in [1.29, 1.82) is 0 Å². The molecule has 4 aliphatic rings. The second-order valence-electron chi connectivity index (χ2n) is 12.0. The number of nitrogens with zero attached hydrogens (tertiary/aromatic N) is 4. The van der Waals surface area contributed by atoms with Gasteiger partial charge in [0.2, 0.25) is 11.8 Å². The van der Waals surface area contributed by atoms with Crippen LogP contribution < -0.4 is 9.80 Å². The molecule has 226 valence electrons. The molecule has 0 bridgehead atoms. The van der Waals surface area contributed by atoms with Crippen LogP contribution in [-0.4, -0.2) is 88.0 Å². The predicted octanol–water partition coefficient (Wildman–Crippen LogP) is 3.88. The SMILES string of the molecule is CCN(CC)c1ccc(N2CC=C[C@]34S[C@@]5(C)C=CCN(C)C(=O)[C@H]5[C@H]3C(=O)N([C@H](CO)c3ccccc3)C4C2=O)cc1. The summed E-state index contributed by atoms with van der Waals surface area (Å²) < 4.78 is -1.65. The molecule has 2 aromatic rings. The molecule has 0 aliphatic carbocycles. The Kier molecular flexibility index (Phi) is 7.67. The summed E-state index contributed by atoms with van der Waals surface area (Å²) in [7, 11) is 1.76. The van der Waals surface area contributed by atoms with Crippen LogP contribution in [-0.2, 0) is 14.4 Å². The Balaban J connectivity index is 1.49. The van der Waals surface area contributed by atoms with Crippen molar-refractivity contribution in [3.8, 4) is 0 Å². The van der Waals surface area contributed by atoms with Crippen LogP contribution in [0.5, 0.6) is 0 Å². The number of likely N-dealkylation sites (tertiary alicyclic amines) is 1. The first-order valence-corrected chi connectivity index (χ1v) is 16.0. The maximum absolute atomic E-state index is 14.9. The first-order valence-electron chi connectivity index (χ1n) is 15.2. The molecule has 1 N–H and O–H groups in total. The van der Waals surface area contributed by atoms with Crippen LogP contribution in [0, 0.1) is 11.8 Å². The molecule has 2 aromatic carbocycles. The normalized spacial score (nSPS) is 30.6. The van der Waals surface area contributed by atoms with Crippen LogP contribution >= 0.6 is 11.8 Å². The number of aliphatic hydroxyl groups is 1. The van der Waals surface area contributed by atoms with Crippen molar-refractivity contribution >= 4 is 40.9 Å². The molecule has 0 aromatic heterocycles. The number of benzene rings is 2. The van der Waals surface area contributed by atoms with Crippen molar-refractivity contribution in [2.45, 2.75) is 42.3 Å². The third kappa shape index (κ3) is 4.51. The molecule has 2 fully saturated rings. The van der Waals surface area contributed by atoms with E-state index >= 15 is 0 Å². The van der Waals surface area contributed by atoms with E-state index in [9.17, 15) is 19.5 Å². The summed E-state index contributed by atoms with van der Waals surface area (Å²) in [6.07, 6.45) is 8.05. The summed E-state index contributed by atoms with van der Waals surface area (Å²) in [5.74, 6) is -1.96. The summed E-state index contributed by atoms with van der Waals surface area (Å²) in [4.78, 5) is 50.9. The zero-order valence-corrected chi connectivity index (χ0v) is 26.0. The van der Waals surface area contributed by atoms with Crippen molar-refractivity contribution < 1.29 is 19.5 Å². The van der Waals surface area contributed by atoms with Gasteiger partial charge in [-0.05, 0) is 50.6 Å². The van der Waals surface area contributed by atoms with E-state index in [0.29, 0.717) is 13.1 Å². The van der Waals surface area contributed by atoms with Crippen molar-refractivity contribution in [3.05, 3.63) is 84.5 Å². The van der Waals surface area contributed by atoms with Crippen LogP contribution in [0.3, 0.4) is 0 Å². The van der Waals surface area contributed by atoms with Gasteiger partial charge in [0.1, 0.15) is 6.04 Å². The van der Waals surface area contributed by atoms with Crippen molar-refractivity contribution in [2.75, 3.05) is 49.6 Å². The summed E-state index contributed by atoms with van der Waals surface area (Å²) in [6, 6.07) is 15.7. The summed E-state index contributed by atoms with van der Waals surface area (Å²) in [5, 5.41) is 10.8. The number of fused-ring (bicyclic) bond motifs is 2. The third-order valence-corrected chi connectivity index (χ3v) is 11.5. The Morgan fingerprint density at radius 2 is 1.58 bits per heavy atom. The van der Waals surface area contributed by atoms with Gasteiger partial charge in [-0.2, -0.15) is 0 Å². The molecule has 9 heteroatoms. The van der Waals surface area contributed by atoms with Gasteiger partial charge in [0.05, 0.1) is 29.2 Å². The lowest BCUT2D eigenvalue weighted by atomic mass is 9.74. The highest BCUT2D eigenvalue weighted by molar-refractivity contribution is 8.02. The molecule has 6 rings (SSSR count). The highest BCUT2D eigenvalue weighted by Gasteiger charge is 2.74. The number of aliphatic hydroxyl groups excluding tert-OH is 1. The van der Waals surface area contributed by atoms with Gasteiger partial charge in [-0.3, -0.25) is 14.4 Å². The van der Waals surface area contributed by atoms with E-state index in [1.165, 1.54) is 0 Å². The number of carbonyl (C=O) groups is 3. The molecule has 6 atom stereocenters. The van der Waals surface area contributed by atoms with Gasteiger partial charge in [0.15, 0.2) is 0 Å². The van der Waals surface area contributed by atoms with Crippen LogP contribution in [0.4, 0.5) is 11.4 Å². The van der Waals surface area contributed by atoms with Gasteiger partial charge in [-0.15, -0.1) is 11.8 Å². The van der Waals surface area contributed by atoms with Gasteiger partial charge < -0.3 is 24.7 Å². The van der Waals surface area contributed by atoms with E-state index in [1.54, 1.807) is 33.5 Å². The number of likely N-dealkylation sites (N-methyl/N-ethyl adjacent to an activating group) is 1. The summed E-state index contributed by atoms with van der Waals surface area (Å²) >= 11 is 1.56. The number of hydrogen-bond donors (Lipinski definition) is 1. The molecular weight excluding hydrogens is 560 g/mol. The molecule has 0 saturated carbocycles. The lowest BCUT2D eigenvalue weighted by molar-refractivity contribution is -0.145. The van der Waals surface area contributed by atoms with Gasteiger partial charge in [0.25, 0.3) is 5.91 Å². The Bertz CT molecular complexity index is 1460. The van der Waals surface area contributed by atoms with Crippen LogP contribution in [0.1, 0.15) is 32.4 Å². The minimum Gasteiger partial charge on any atom is -0.394 e. The molecule has 43 heavy (non-hydrogen) atoms. The Morgan fingerprint density at radius 1 is 0.907 bits per heavy atom. The van der Waals surface area contributed by atoms with Gasteiger partial charge >= 0.3 is 0 Å². The maximum Gasteiger partial charge on any atom is 0.251 e. The van der Waals surface area contributed by atoms with Crippen LogP contribution in [0.2, 0.25) is 0 Å². The molecule has 4 heterocycles. The highest BCUT2D eigenvalue weighted by atomic mass is 32.2. The molecule has 0 radical (unpaired) electrons. The number of amides is 3. The average Bonchev–Trinajstić information content (AvgIpc) is 3.29. The molecule has 8 nitrogen and oxygen atoms in total. The Morgan fingerprint density at radius 3 is 2.23 bits per heavy atom. The molecule has 2 saturated heterocycles. The standard InChI is InChI=1S/C34H40N4O4S/c1-5-36(6-2)24-14-16-25(17-15-24)37-21-11-19-34-28(27-30(40)35(4)20-10-18-33(27,3)43-34)31(41)38(29(34)32(37)42)26(22-39)23-12-8-7-9-13-23/h7-19,26-29,39H,5-6,20-22H2,1-4H3/t26-,27-,28+,29?,33+,34+/m1/s1. The number of carbonyl (C=O) groups excluding carboxylic acids is 3. The second kappa shape index (κ2) is 11.2. The van der Waals surface area contributed by atoms with Gasteiger partial charge in [-0.25, -0.2) is 0 Å². The Hall–Kier alpha value is -3.56. The predicted molar refractivity (Wildman–Crippen MR) is 171 cm³/mol. The monoisotopic (exact) mass is 600 g/mol. The Labute approximate surface area is 258 Å². The molecule has 3 amide bonds. The van der Waals surface area contributed by atoms with Gasteiger partial charge in [-0.1, -0.05) is 54.6 Å².